The quantitative estimate of drug-likeness (QED) is 0.556. The molecule has 0 aliphatic carbocycles. The van der Waals surface area contributed by atoms with Crippen molar-refractivity contribution in [2.75, 3.05) is 0 Å². The third-order valence-electron chi connectivity index (χ3n) is 1.14. The molecule has 0 aliphatic heterocycles. The van der Waals surface area contributed by atoms with Crippen LogP contribution < -0.4 is 5.32 Å². The molecule has 0 saturated heterocycles. The van der Waals surface area contributed by atoms with Crippen LogP contribution in [-0.2, 0) is 14.3 Å². The summed E-state index contributed by atoms with van der Waals surface area (Å²) in [6, 6.07) is 0. The smallest absolute Gasteiger partial charge is 0.410 e. The van der Waals surface area contributed by atoms with Gasteiger partial charge < -0.3 is 9.47 Å². The van der Waals surface area contributed by atoms with E-state index in [4.69, 9.17) is 4.74 Å². The molecule has 1 amide bonds. The van der Waals surface area contributed by atoms with Crippen molar-refractivity contribution < 1.29 is 19.1 Å². The van der Waals surface area contributed by atoms with Crippen molar-refractivity contribution in [3.8, 4) is 0 Å². The van der Waals surface area contributed by atoms with Gasteiger partial charge in [-0.3, -0.25) is 10.1 Å². The van der Waals surface area contributed by atoms with E-state index in [-0.39, 0.29) is 6.47 Å². The minimum atomic E-state index is -1.05. The first kappa shape index (κ1) is 12.7. The third-order valence-corrected chi connectivity index (χ3v) is 1.14. The molecule has 5 nitrogen and oxygen atoms in total. The first-order valence-corrected chi connectivity index (χ1v) is 4.29. The number of hydrogen-bond acceptors (Lipinski definition) is 4. The SMILES string of the molecule is CC(C)(C)OC(=O)NC(C)(C)OC=O. The van der Waals surface area contributed by atoms with E-state index in [1.54, 1.807) is 34.6 Å². The molecule has 82 valence electrons. The standard InChI is InChI=1S/C9H17NO4/c1-8(2,3)14-7(12)10-9(4,5)13-6-11/h6H,1-5H3,(H,10,12). The molecule has 0 radical (unpaired) electrons. The lowest BCUT2D eigenvalue weighted by Gasteiger charge is -2.26. The number of rotatable bonds is 3. The molecule has 0 bridgehead atoms. The Morgan fingerprint density at radius 3 is 2.07 bits per heavy atom. The van der Waals surface area contributed by atoms with E-state index in [9.17, 15) is 9.59 Å². The van der Waals surface area contributed by atoms with Gasteiger partial charge in [-0.1, -0.05) is 0 Å². The molecule has 0 aliphatic rings. The molecule has 0 saturated carbocycles. The molecule has 0 fully saturated rings. The lowest BCUT2D eigenvalue weighted by molar-refractivity contribution is -0.142. The fourth-order valence-electron chi connectivity index (χ4n) is 0.699. The zero-order chi connectivity index (χ0) is 11.4. The van der Waals surface area contributed by atoms with Gasteiger partial charge in [0.05, 0.1) is 0 Å². The van der Waals surface area contributed by atoms with Gasteiger partial charge in [-0.2, -0.15) is 0 Å². The molecular formula is C9H17NO4. The van der Waals surface area contributed by atoms with Gasteiger partial charge in [0.1, 0.15) is 5.60 Å². The van der Waals surface area contributed by atoms with E-state index in [2.05, 4.69) is 10.1 Å². The van der Waals surface area contributed by atoms with E-state index in [1.165, 1.54) is 0 Å². The summed E-state index contributed by atoms with van der Waals surface area (Å²) < 4.78 is 9.60. The molecule has 5 heteroatoms. The third kappa shape index (κ3) is 6.28. The van der Waals surface area contributed by atoms with Crippen LogP contribution in [-0.4, -0.2) is 23.9 Å². The fourth-order valence-corrected chi connectivity index (χ4v) is 0.699. The van der Waals surface area contributed by atoms with Crippen LogP contribution in [0.3, 0.4) is 0 Å². The number of carbonyl (C=O) groups is 2. The van der Waals surface area contributed by atoms with Crippen LogP contribution in [0.15, 0.2) is 0 Å². The fraction of sp³-hybridized carbons (Fsp3) is 0.778. The van der Waals surface area contributed by atoms with Crippen LogP contribution in [0.5, 0.6) is 0 Å². The number of hydrogen-bond donors (Lipinski definition) is 1. The summed E-state index contributed by atoms with van der Waals surface area (Å²) in [5, 5.41) is 2.40. The molecule has 14 heavy (non-hydrogen) atoms. The van der Waals surface area contributed by atoms with Gasteiger partial charge in [-0.25, -0.2) is 4.79 Å². The van der Waals surface area contributed by atoms with Crippen molar-refractivity contribution in [2.24, 2.45) is 0 Å². The second-order valence-corrected chi connectivity index (χ2v) is 4.35. The van der Waals surface area contributed by atoms with Crippen LogP contribution in [0.25, 0.3) is 0 Å². The van der Waals surface area contributed by atoms with Gasteiger partial charge in [0.15, 0.2) is 5.72 Å². The Labute approximate surface area is 83.8 Å². The summed E-state index contributed by atoms with van der Waals surface area (Å²) in [5.41, 5.74) is -1.62. The number of carbonyl (C=O) groups excluding carboxylic acids is 2. The van der Waals surface area contributed by atoms with Crippen LogP contribution in [0.1, 0.15) is 34.6 Å². The molecule has 0 aromatic carbocycles. The number of ether oxygens (including phenoxy) is 2. The highest BCUT2D eigenvalue weighted by molar-refractivity contribution is 5.68. The summed E-state index contributed by atoms with van der Waals surface area (Å²) in [4.78, 5) is 21.3. The Balaban J connectivity index is 4.12. The van der Waals surface area contributed by atoms with Crippen molar-refractivity contribution in [3.05, 3.63) is 0 Å². The first-order chi connectivity index (χ1) is 6.16. The monoisotopic (exact) mass is 203 g/mol. The van der Waals surface area contributed by atoms with Gasteiger partial charge in [0.25, 0.3) is 6.47 Å². The lowest BCUT2D eigenvalue weighted by Crippen LogP contribution is -2.47. The zero-order valence-corrected chi connectivity index (χ0v) is 9.21. The van der Waals surface area contributed by atoms with Crippen molar-refractivity contribution in [1.82, 2.24) is 5.32 Å². The molecule has 0 aromatic rings. The van der Waals surface area contributed by atoms with Gasteiger partial charge in [0.2, 0.25) is 0 Å². The topological polar surface area (TPSA) is 64.6 Å². The minimum absolute atomic E-state index is 0.275. The number of nitrogens with one attached hydrogen (secondary N) is 1. The molecule has 0 spiro atoms. The van der Waals surface area contributed by atoms with E-state index in [0.717, 1.165) is 0 Å². The highest BCUT2D eigenvalue weighted by Gasteiger charge is 2.25. The van der Waals surface area contributed by atoms with Crippen LogP contribution >= 0.6 is 0 Å². The molecule has 0 aromatic heterocycles. The summed E-state index contributed by atoms with van der Waals surface area (Å²) in [6.07, 6.45) is -0.621. The summed E-state index contributed by atoms with van der Waals surface area (Å²) in [5.74, 6) is 0. The number of alkyl carbamates (subject to hydrolysis) is 1. The summed E-state index contributed by atoms with van der Waals surface area (Å²) in [7, 11) is 0. The normalized spacial score (nSPS) is 11.8. The number of amides is 1. The Hall–Kier alpha value is -1.26. The van der Waals surface area contributed by atoms with Crippen molar-refractivity contribution in [1.29, 1.82) is 0 Å². The minimum Gasteiger partial charge on any atom is -0.444 e. The Morgan fingerprint density at radius 1 is 1.21 bits per heavy atom. The first-order valence-electron chi connectivity index (χ1n) is 4.29. The molecule has 0 unspecified atom stereocenters. The van der Waals surface area contributed by atoms with E-state index >= 15 is 0 Å². The molecule has 1 N–H and O–H groups in total. The maximum Gasteiger partial charge on any atom is 0.410 e. The van der Waals surface area contributed by atoms with Crippen LogP contribution in [0.4, 0.5) is 4.79 Å². The van der Waals surface area contributed by atoms with Gasteiger partial charge in [-0.05, 0) is 34.6 Å². The Bertz CT molecular complexity index is 217. The van der Waals surface area contributed by atoms with Crippen molar-refractivity contribution >= 4 is 12.6 Å². The Morgan fingerprint density at radius 2 is 1.71 bits per heavy atom. The molecule has 0 heterocycles. The highest BCUT2D eigenvalue weighted by Crippen LogP contribution is 2.09. The molecular weight excluding hydrogens is 186 g/mol. The van der Waals surface area contributed by atoms with Crippen molar-refractivity contribution in [2.45, 2.75) is 45.9 Å². The molecule has 0 atom stereocenters. The van der Waals surface area contributed by atoms with Crippen LogP contribution in [0.2, 0.25) is 0 Å². The molecule has 0 rings (SSSR count). The maximum atomic E-state index is 11.2. The van der Waals surface area contributed by atoms with Gasteiger partial charge >= 0.3 is 6.09 Å². The van der Waals surface area contributed by atoms with E-state index in [1.807, 2.05) is 0 Å². The predicted octanol–water partition coefficient (Wildman–Crippen LogP) is 1.42. The lowest BCUT2D eigenvalue weighted by atomic mass is 10.2. The highest BCUT2D eigenvalue weighted by atomic mass is 16.6. The average Bonchev–Trinajstić information content (AvgIpc) is 1.78. The second-order valence-electron chi connectivity index (χ2n) is 4.35. The Kier molecular flexibility index (Phi) is 3.92. The van der Waals surface area contributed by atoms with E-state index in [0.29, 0.717) is 0 Å². The van der Waals surface area contributed by atoms with Gasteiger partial charge in [-0.15, -0.1) is 0 Å². The van der Waals surface area contributed by atoms with Crippen molar-refractivity contribution in [3.63, 3.8) is 0 Å². The average molecular weight is 203 g/mol. The maximum absolute atomic E-state index is 11.2. The largest absolute Gasteiger partial charge is 0.444 e. The second kappa shape index (κ2) is 4.30. The predicted molar refractivity (Wildman–Crippen MR) is 50.6 cm³/mol. The van der Waals surface area contributed by atoms with Crippen LogP contribution in [0, 0.1) is 0 Å². The zero-order valence-electron chi connectivity index (χ0n) is 9.21. The van der Waals surface area contributed by atoms with Gasteiger partial charge in [0, 0.05) is 0 Å². The van der Waals surface area contributed by atoms with E-state index < -0.39 is 17.4 Å². The summed E-state index contributed by atoms with van der Waals surface area (Å²) >= 11 is 0. The summed E-state index contributed by atoms with van der Waals surface area (Å²) in [6.45, 7) is 8.62.